The molecule has 2 aromatic carbocycles. The predicted octanol–water partition coefficient (Wildman–Crippen LogP) is 7.02. The van der Waals surface area contributed by atoms with Crippen molar-refractivity contribution in [3.8, 4) is 17.2 Å². The fourth-order valence-corrected chi connectivity index (χ4v) is 3.82. The molecule has 0 saturated heterocycles. The summed E-state index contributed by atoms with van der Waals surface area (Å²) in [5.41, 5.74) is 4.69. The van der Waals surface area contributed by atoms with Crippen molar-refractivity contribution >= 4 is 28.1 Å². The summed E-state index contributed by atoms with van der Waals surface area (Å²) < 4.78 is 18.0. The van der Waals surface area contributed by atoms with Crippen molar-refractivity contribution in [3.05, 3.63) is 52.0 Å². The average molecular weight is 548 g/mol. The van der Waals surface area contributed by atoms with Crippen LogP contribution in [-0.4, -0.2) is 32.4 Å². The molecule has 0 bridgehead atoms. The van der Waals surface area contributed by atoms with E-state index in [0.717, 1.165) is 28.6 Å². The van der Waals surface area contributed by atoms with Gasteiger partial charge in [-0.3, -0.25) is 4.79 Å². The van der Waals surface area contributed by atoms with Crippen molar-refractivity contribution in [3.63, 3.8) is 0 Å². The summed E-state index contributed by atoms with van der Waals surface area (Å²) >= 11 is 3.57. The number of methoxy groups -OCH3 is 1. The molecule has 0 fully saturated rings. The van der Waals surface area contributed by atoms with Crippen LogP contribution in [0, 0.1) is 0 Å². The van der Waals surface area contributed by atoms with E-state index in [1.54, 1.807) is 13.3 Å². The van der Waals surface area contributed by atoms with Gasteiger partial charge in [0.15, 0.2) is 11.5 Å². The molecule has 0 aliphatic carbocycles. The lowest BCUT2D eigenvalue weighted by Crippen LogP contribution is -2.18. The molecule has 0 aromatic heterocycles. The van der Waals surface area contributed by atoms with E-state index in [-0.39, 0.29) is 11.3 Å². The maximum atomic E-state index is 12.1. The highest BCUT2D eigenvalue weighted by atomic mass is 79.9. The first-order valence-electron chi connectivity index (χ1n) is 12.3. The molecule has 0 aliphatic rings. The Kier molecular flexibility index (Phi) is 12.1. The van der Waals surface area contributed by atoms with Crippen LogP contribution in [0.25, 0.3) is 0 Å². The lowest BCUT2D eigenvalue weighted by Gasteiger charge is -2.20. The number of nitrogens with zero attached hydrogens (tertiary/aromatic N) is 1. The van der Waals surface area contributed by atoms with E-state index < -0.39 is 0 Å². The number of ether oxygens (including phenoxy) is 3. The smallest absolute Gasteiger partial charge is 0.240 e. The van der Waals surface area contributed by atoms with Gasteiger partial charge in [0.2, 0.25) is 5.91 Å². The number of halogens is 1. The summed E-state index contributed by atoms with van der Waals surface area (Å²) in [7, 11) is 1.61. The van der Waals surface area contributed by atoms with Gasteiger partial charge in [0.05, 0.1) is 31.0 Å². The van der Waals surface area contributed by atoms with Gasteiger partial charge in [-0.1, -0.05) is 53.0 Å². The zero-order valence-electron chi connectivity index (χ0n) is 21.7. The van der Waals surface area contributed by atoms with E-state index in [1.807, 2.05) is 24.3 Å². The Morgan fingerprint density at radius 2 is 1.69 bits per heavy atom. The number of hydrazone groups is 1. The first kappa shape index (κ1) is 28.7. The average Bonchev–Trinajstić information content (AvgIpc) is 2.82. The van der Waals surface area contributed by atoms with Gasteiger partial charge in [0.1, 0.15) is 5.75 Å². The third kappa shape index (κ3) is 10.3. The van der Waals surface area contributed by atoms with Gasteiger partial charge in [0, 0.05) is 6.42 Å². The largest absolute Gasteiger partial charge is 0.493 e. The van der Waals surface area contributed by atoms with Crippen molar-refractivity contribution < 1.29 is 19.0 Å². The topological polar surface area (TPSA) is 69.2 Å². The standard InChI is InChI=1S/C28H39BrN2O4/c1-6-7-8-9-16-35-25-14-12-21(18-26(25)33-5)20-30-31-27(32)11-10-17-34-24-15-13-22(19-23(24)29)28(2,3)4/h12-15,18-20H,6-11,16-17H2,1-5H3,(H,31,32)/b30-20+. The van der Waals surface area contributed by atoms with Crippen molar-refractivity contribution in [2.45, 2.75) is 71.6 Å². The van der Waals surface area contributed by atoms with Crippen LogP contribution in [0.1, 0.15) is 77.3 Å². The molecule has 0 atom stereocenters. The van der Waals surface area contributed by atoms with Crippen LogP contribution in [0.4, 0.5) is 0 Å². The Morgan fingerprint density at radius 1 is 0.971 bits per heavy atom. The van der Waals surface area contributed by atoms with E-state index >= 15 is 0 Å². The zero-order chi connectivity index (χ0) is 25.7. The summed E-state index contributed by atoms with van der Waals surface area (Å²) in [6.07, 6.45) is 7.12. The normalized spacial score (nSPS) is 11.5. The van der Waals surface area contributed by atoms with Crippen LogP contribution in [0.15, 0.2) is 46.0 Å². The van der Waals surface area contributed by atoms with Crippen LogP contribution >= 0.6 is 15.9 Å². The maximum absolute atomic E-state index is 12.1. The van der Waals surface area contributed by atoms with Crippen molar-refractivity contribution in [1.82, 2.24) is 5.43 Å². The first-order chi connectivity index (χ1) is 16.7. The van der Waals surface area contributed by atoms with Crippen molar-refractivity contribution in [2.75, 3.05) is 20.3 Å². The van der Waals surface area contributed by atoms with Gasteiger partial charge in [0.25, 0.3) is 0 Å². The summed E-state index contributed by atoms with van der Waals surface area (Å²) in [5.74, 6) is 1.98. The van der Waals surface area contributed by atoms with E-state index in [0.29, 0.717) is 37.6 Å². The maximum Gasteiger partial charge on any atom is 0.240 e. The molecule has 0 aliphatic heterocycles. The lowest BCUT2D eigenvalue weighted by molar-refractivity contribution is -0.121. The molecule has 0 radical (unpaired) electrons. The Morgan fingerprint density at radius 3 is 2.37 bits per heavy atom. The summed E-state index contributed by atoms with van der Waals surface area (Å²) in [6.45, 7) is 9.82. The van der Waals surface area contributed by atoms with Crippen LogP contribution < -0.4 is 19.6 Å². The Bertz CT molecular complexity index is 970. The van der Waals surface area contributed by atoms with Gasteiger partial charge >= 0.3 is 0 Å². The highest BCUT2D eigenvalue weighted by molar-refractivity contribution is 9.10. The molecule has 2 rings (SSSR count). The highest BCUT2D eigenvalue weighted by Gasteiger charge is 2.15. The van der Waals surface area contributed by atoms with Crippen LogP contribution in [0.2, 0.25) is 0 Å². The number of hydrogen-bond donors (Lipinski definition) is 1. The van der Waals surface area contributed by atoms with Gasteiger partial charge in [-0.05, 0) is 75.6 Å². The Hall–Kier alpha value is -2.54. The predicted molar refractivity (Wildman–Crippen MR) is 146 cm³/mol. The lowest BCUT2D eigenvalue weighted by atomic mass is 9.87. The molecular formula is C28H39BrN2O4. The molecule has 35 heavy (non-hydrogen) atoms. The second kappa shape index (κ2) is 14.8. The molecule has 6 nitrogen and oxygen atoms in total. The summed E-state index contributed by atoms with van der Waals surface area (Å²) in [6, 6.07) is 11.7. The van der Waals surface area contributed by atoms with E-state index in [1.165, 1.54) is 18.4 Å². The molecule has 0 unspecified atom stereocenters. The molecule has 0 heterocycles. The molecule has 0 saturated carbocycles. The number of carbonyl (C=O) groups excluding carboxylic acids is 1. The third-order valence-corrected chi connectivity index (χ3v) is 6.07. The number of benzene rings is 2. The minimum absolute atomic E-state index is 0.0779. The van der Waals surface area contributed by atoms with Crippen LogP contribution in [-0.2, 0) is 10.2 Å². The van der Waals surface area contributed by atoms with Gasteiger partial charge in [-0.2, -0.15) is 5.10 Å². The molecule has 1 N–H and O–H groups in total. The molecule has 0 spiro atoms. The minimum Gasteiger partial charge on any atom is -0.493 e. The van der Waals surface area contributed by atoms with Gasteiger partial charge in [-0.25, -0.2) is 5.43 Å². The third-order valence-electron chi connectivity index (χ3n) is 5.45. The quantitative estimate of drug-likeness (QED) is 0.157. The van der Waals surface area contributed by atoms with Crippen LogP contribution in [0.3, 0.4) is 0 Å². The van der Waals surface area contributed by atoms with Crippen LogP contribution in [0.5, 0.6) is 17.2 Å². The number of rotatable bonds is 14. The fraction of sp³-hybridized carbons (Fsp3) is 0.500. The molecule has 2 aromatic rings. The molecule has 7 heteroatoms. The van der Waals surface area contributed by atoms with Crippen molar-refractivity contribution in [2.24, 2.45) is 5.10 Å². The van der Waals surface area contributed by atoms with Gasteiger partial charge in [-0.15, -0.1) is 0 Å². The molecular weight excluding hydrogens is 508 g/mol. The van der Waals surface area contributed by atoms with E-state index in [4.69, 9.17) is 14.2 Å². The minimum atomic E-state index is -0.161. The number of amides is 1. The van der Waals surface area contributed by atoms with E-state index in [2.05, 4.69) is 66.3 Å². The zero-order valence-corrected chi connectivity index (χ0v) is 23.2. The van der Waals surface area contributed by atoms with E-state index in [9.17, 15) is 4.79 Å². The first-order valence-corrected chi connectivity index (χ1v) is 13.1. The van der Waals surface area contributed by atoms with Crippen molar-refractivity contribution in [1.29, 1.82) is 0 Å². The Balaban J connectivity index is 1.74. The summed E-state index contributed by atoms with van der Waals surface area (Å²) in [4.78, 5) is 12.1. The van der Waals surface area contributed by atoms with Gasteiger partial charge < -0.3 is 14.2 Å². The highest BCUT2D eigenvalue weighted by Crippen LogP contribution is 2.31. The number of unbranched alkanes of at least 4 members (excludes halogenated alkanes) is 3. The molecule has 1 amide bonds. The summed E-state index contributed by atoms with van der Waals surface area (Å²) in [5, 5.41) is 4.06. The monoisotopic (exact) mass is 546 g/mol. The number of nitrogens with one attached hydrogen (secondary N) is 1. The fourth-order valence-electron chi connectivity index (χ4n) is 3.33. The molecule has 192 valence electrons. The number of hydrogen-bond acceptors (Lipinski definition) is 5. The SMILES string of the molecule is CCCCCCOc1ccc(/C=N/NC(=O)CCCOc2ccc(C(C)(C)C)cc2Br)cc1OC. The Labute approximate surface area is 218 Å². The second-order valence-electron chi connectivity index (χ2n) is 9.46. The number of carbonyl (C=O) groups is 1. The second-order valence-corrected chi connectivity index (χ2v) is 10.3.